The Morgan fingerprint density at radius 1 is 0.897 bits per heavy atom. The molecule has 29 heavy (non-hydrogen) atoms. The molecule has 0 unspecified atom stereocenters. The highest BCUT2D eigenvalue weighted by atomic mass is 16.2. The van der Waals surface area contributed by atoms with Gasteiger partial charge >= 0.3 is 0 Å². The molecule has 0 heterocycles. The molecule has 1 aliphatic carbocycles. The summed E-state index contributed by atoms with van der Waals surface area (Å²) in [5.74, 6) is -1.17. The number of benzene rings is 3. The Kier molecular flexibility index (Phi) is 4.93. The second kappa shape index (κ2) is 7.55. The molecule has 0 radical (unpaired) electrons. The van der Waals surface area contributed by atoms with Crippen LogP contribution in [-0.4, -0.2) is 17.9 Å². The van der Waals surface area contributed by atoms with E-state index in [2.05, 4.69) is 5.32 Å². The van der Waals surface area contributed by atoms with Gasteiger partial charge in [-0.05, 0) is 52.8 Å². The average Bonchev–Trinajstić information content (AvgIpc) is 3.04. The summed E-state index contributed by atoms with van der Waals surface area (Å²) in [6.07, 6.45) is 0.373. The van der Waals surface area contributed by atoms with E-state index in [1.54, 1.807) is 0 Å². The number of rotatable bonds is 5. The first-order valence-electron chi connectivity index (χ1n) is 9.79. The predicted molar refractivity (Wildman–Crippen MR) is 114 cm³/mol. The van der Waals surface area contributed by atoms with Gasteiger partial charge in [0.25, 0.3) is 0 Å². The van der Waals surface area contributed by atoms with Crippen LogP contribution in [0.3, 0.4) is 0 Å². The van der Waals surface area contributed by atoms with Gasteiger partial charge in [0.05, 0.1) is 5.92 Å². The minimum Gasteiger partial charge on any atom is -0.368 e. The highest BCUT2D eigenvalue weighted by molar-refractivity contribution is 5.98. The molecule has 1 aliphatic rings. The quantitative estimate of drug-likeness (QED) is 0.705. The third-order valence-electron chi connectivity index (χ3n) is 5.77. The summed E-state index contributed by atoms with van der Waals surface area (Å²) in [5, 5.41) is 2.91. The third kappa shape index (κ3) is 3.54. The van der Waals surface area contributed by atoms with Crippen LogP contribution in [0.4, 0.5) is 0 Å². The summed E-state index contributed by atoms with van der Waals surface area (Å²) >= 11 is 0. The highest BCUT2D eigenvalue weighted by Crippen LogP contribution is 2.44. The first-order chi connectivity index (χ1) is 14.0. The van der Waals surface area contributed by atoms with Gasteiger partial charge in [-0.3, -0.25) is 9.59 Å². The van der Waals surface area contributed by atoms with Crippen molar-refractivity contribution in [3.05, 3.63) is 94.5 Å². The topological polar surface area (TPSA) is 72.2 Å². The van der Waals surface area contributed by atoms with Crippen LogP contribution in [0.25, 0.3) is 11.1 Å². The smallest absolute Gasteiger partial charge is 0.240 e. The van der Waals surface area contributed by atoms with Crippen LogP contribution >= 0.6 is 0 Å². The SMILES string of the molecule is Cc1ccc(C[C@H](NC(=O)C2c3ccccc3-c3ccccc32)C(N)=O)cc1C. The van der Waals surface area contributed by atoms with Gasteiger partial charge in [0, 0.05) is 6.42 Å². The van der Waals surface area contributed by atoms with Crippen LogP contribution in [0.1, 0.15) is 33.7 Å². The maximum Gasteiger partial charge on any atom is 0.240 e. The molecular formula is C25H24N2O2. The van der Waals surface area contributed by atoms with Crippen molar-refractivity contribution in [2.45, 2.75) is 32.2 Å². The number of nitrogens with two attached hydrogens (primary N) is 1. The molecule has 3 aromatic carbocycles. The lowest BCUT2D eigenvalue weighted by Gasteiger charge is -2.20. The first kappa shape index (κ1) is 18.9. The number of primary amides is 1. The molecule has 1 atom stereocenters. The Labute approximate surface area is 170 Å². The van der Waals surface area contributed by atoms with E-state index in [-0.39, 0.29) is 5.91 Å². The molecule has 0 aromatic heterocycles. The Morgan fingerprint density at radius 3 is 2.03 bits per heavy atom. The molecule has 3 aromatic rings. The zero-order valence-electron chi connectivity index (χ0n) is 16.6. The Bertz CT molecular complexity index is 1060. The second-order valence-electron chi connectivity index (χ2n) is 7.69. The van der Waals surface area contributed by atoms with Gasteiger partial charge in [0.1, 0.15) is 6.04 Å². The van der Waals surface area contributed by atoms with Gasteiger partial charge in [-0.25, -0.2) is 0 Å². The fourth-order valence-electron chi connectivity index (χ4n) is 4.08. The van der Waals surface area contributed by atoms with E-state index in [4.69, 9.17) is 5.73 Å². The van der Waals surface area contributed by atoms with Crippen LogP contribution in [0.15, 0.2) is 66.7 Å². The van der Waals surface area contributed by atoms with Crippen molar-refractivity contribution in [1.82, 2.24) is 5.32 Å². The summed E-state index contributed by atoms with van der Waals surface area (Å²) in [6.45, 7) is 4.07. The number of nitrogens with one attached hydrogen (secondary N) is 1. The molecule has 0 spiro atoms. The summed E-state index contributed by atoms with van der Waals surface area (Å²) in [6, 6.07) is 21.1. The van der Waals surface area contributed by atoms with Crippen molar-refractivity contribution >= 4 is 11.8 Å². The maximum absolute atomic E-state index is 13.3. The highest BCUT2D eigenvalue weighted by Gasteiger charge is 2.34. The van der Waals surface area contributed by atoms with E-state index < -0.39 is 17.9 Å². The number of carbonyl (C=O) groups excluding carboxylic acids is 2. The minimum atomic E-state index is -0.760. The van der Waals surface area contributed by atoms with Gasteiger partial charge in [0.2, 0.25) is 11.8 Å². The van der Waals surface area contributed by atoms with E-state index in [9.17, 15) is 9.59 Å². The largest absolute Gasteiger partial charge is 0.368 e. The van der Waals surface area contributed by atoms with Gasteiger partial charge in [0.15, 0.2) is 0 Å². The number of aryl methyl sites for hydroxylation is 2. The van der Waals surface area contributed by atoms with E-state index >= 15 is 0 Å². The molecule has 2 amide bonds. The number of amides is 2. The van der Waals surface area contributed by atoms with E-state index in [0.29, 0.717) is 6.42 Å². The number of carbonyl (C=O) groups is 2. The molecule has 0 saturated heterocycles. The first-order valence-corrected chi connectivity index (χ1v) is 9.79. The number of fused-ring (bicyclic) bond motifs is 3. The molecule has 0 saturated carbocycles. The number of hydrogen-bond acceptors (Lipinski definition) is 2. The van der Waals surface area contributed by atoms with E-state index in [1.807, 2.05) is 80.6 Å². The van der Waals surface area contributed by atoms with Crippen molar-refractivity contribution in [3.8, 4) is 11.1 Å². The molecule has 0 bridgehead atoms. The van der Waals surface area contributed by atoms with E-state index in [0.717, 1.165) is 33.4 Å². The lowest BCUT2D eigenvalue weighted by atomic mass is 9.95. The van der Waals surface area contributed by atoms with Crippen molar-refractivity contribution < 1.29 is 9.59 Å². The molecule has 0 fully saturated rings. The molecule has 4 nitrogen and oxygen atoms in total. The Morgan fingerprint density at radius 2 is 1.48 bits per heavy atom. The predicted octanol–water partition coefficient (Wildman–Crippen LogP) is 3.63. The molecule has 4 heteroatoms. The van der Waals surface area contributed by atoms with Crippen LogP contribution in [0, 0.1) is 13.8 Å². The monoisotopic (exact) mass is 384 g/mol. The van der Waals surface area contributed by atoms with E-state index in [1.165, 1.54) is 5.56 Å². The third-order valence-corrected chi connectivity index (χ3v) is 5.77. The lowest BCUT2D eigenvalue weighted by molar-refractivity contribution is -0.127. The normalized spacial score (nSPS) is 13.4. The summed E-state index contributed by atoms with van der Waals surface area (Å²) in [4.78, 5) is 25.4. The second-order valence-corrected chi connectivity index (χ2v) is 7.69. The molecule has 3 N–H and O–H groups in total. The summed E-state index contributed by atoms with van der Waals surface area (Å²) < 4.78 is 0. The van der Waals surface area contributed by atoms with Gasteiger partial charge in [-0.1, -0.05) is 66.7 Å². The molecule has 0 aliphatic heterocycles. The van der Waals surface area contributed by atoms with Crippen molar-refractivity contribution in [2.75, 3.05) is 0 Å². The van der Waals surface area contributed by atoms with Gasteiger partial charge in [-0.2, -0.15) is 0 Å². The molecule has 4 rings (SSSR count). The van der Waals surface area contributed by atoms with Crippen molar-refractivity contribution in [1.29, 1.82) is 0 Å². The maximum atomic E-state index is 13.3. The average molecular weight is 384 g/mol. The lowest BCUT2D eigenvalue weighted by Crippen LogP contribution is -2.47. The summed E-state index contributed by atoms with van der Waals surface area (Å²) in [5.41, 5.74) is 13.0. The van der Waals surface area contributed by atoms with Gasteiger partial charge < -0.3 is 11.1 Å². The Balaban J connectivity index is 1.61. The standard InChI is InChI=1S/C25H24N2O2/c1-15-11-12-17(13-16(15)2)14-22(24(26)28)27-25(29)23-20-9-5-3-7-18(20)19-8-4-6-10-21(19)23/h3-13,22-23H,14H2,1-2H3,(H2,26,28)(H,27,29)/t22-/m0/s1. The fourth-order valence-corrected chi connectivity index (χ4v) is 4.08. The molecule has 146 valence electrons. The van der Waals surface area contributed by atoms with Gasteiger partial charge in [-0.15, -0.1) is 0 Å². The fraction of sp³-hybridized carbons (Fsp3) is 0.200. The zero-order chi connectivity index (χ0) is 20.5. The van der Waals surface area contributed by atoms with Crippen LogP contribution in [0.2, 0.25) is 0 Å². The molecular weight excluding hydrogens is 360 g/mol. The van der Waals surface area contributed by atoms with Crippen molar-refractivity contribution in [3.63, 3.8) is 0 Å². The zero-order valence-corrected chi connectivity index (χ0v) is 16.6. The summed E-state index contributed by atoms with van der Waals surface area (Å²) in [7, 11) is 0. The van der Waals surface area contributed by atoms with Crippen molar-refractivity contribution in [2.24, 2.45) is 5.73 Å². The van der Waals surface area contributed by atoms with Crippen LogP contribution in [0.5, 0.6) is 0 Å². The van der Waals surface area contributed by atoms with Crippen LogP contribution < -0.4 is 11.1 Å². The Hall–Kier alpha value is -3.40. The number of hydrogen-bond donors (Lipinski definition) is 2. The minimum absolute atomic E-state index is 0.199. The van der Waals surface area contributed by atoms with Crippen LogP contribution in [-0.2, 0) is 16.0 Å².